The van der Waals surface area contributed by atoms with Crippen LogP contribution in [0.5, 0.6) is 5.75 Å². The van der Waals surface area contributed by atoms with Crippen LogP contribution in [0.4, 0.5) is 20.2 Å². The summed E-state index contributed by atoms with van der Waals surface area (Å²) in [7, 11) is 1.86. The summed E-state index contributed by atoms with van der Waals surface area (Å²) in [5.74, 6) is 1.83. The number of rotatable bonds is 11. The third-order valence-electron chi connectivity index (χ3n) is 6.93. The molecule has 37 heavy (non-hydrogen) atoms. The van der Waals surface area contributed by atoms with Crippen LogP contribution >= 0.6 is 11.8 Å². The Morgan fingerprint density at radius 3 is 2.22 bits per heavy atom. The molecule has 0 bridgehead atoms. The van der Waals surface area contributed by atoms with Crippen molar-refractivity contribution in [1.82, 2.24) is 5.32 Å². The predicted octanol–water partition coefficient (Wildman–Crippen LogP) is 7.85. The molecule has 0 saturated heterocycles. The average Bonchev–Trinajstić information content (AvgIpc) is 3.80. The van der Waals surface area contributed by atoms with Gasteiger partial charge in [-0.2, -0.15) is 8.78 Å². The van der Waals surface area contributed by atoms with Gasteiger partial charge < -0.3 is 15.0 Å². The summed E-state index contributed by atoms with van der Waals surface area (Å²) in [4.78, 5) is 15.9. The van der Waals surface area contributed by atoms with E-state index in [0.29, 0.717) is 24.1 Å². The molecular formula is C30H32F2N2O2S. The average molecular weight is 523 g/mol. The van der Waals surface area contributed by atoms with Gasteiger partial charge in [-0.25, -0.2) is 0 Å². The standard InChI is InChI=1S/C30H32F2N2O2S/c1-3-37-26-11-4-19(5-12-26)18-33-29(35)22-10-13-27(28(17-22)36-30(31)32)34(2)25-15-23(20-6-7-20)14-24(16-25)21-8-9-21/h4-5,10-17,20-21,30H,3,6-9,18H2,1-2H3,(H,33,35). The number of hydrogen-bond donors (Lipinski definition) is 1. The lowest BCUT2D eigenvalue weighted by Crippen LogP contribution is -2.23. The lowest BCUT2D eigenvalue weighted by atomic mass is 10.0. The second-order valence-corrected chi connectivity index (χ2v) is 11.1. The molecule has 3 aromatic rings. The van der Waals surface area contributed by atoms with Crippen molar-refractivity contribution in [2.75, 3.05) is 17.7 Å². The van der Waals surface area contributed by atoms with Crippen LogP contribution in [0.3, 0.4) is 0 Å². The van der Waals surface area contributed by atoms with Crippen molar-refractivity contribution in [3.63, 3.8) is 0 Å². The first-order chi connectivity index (χ1) is 17.9. The largest absolute Gasteiger partial charge is 0.433 e. The molecule has 2 fully saturated rings. The Morgan fingerprint density at radius 2 is 1.65 bits per heavy atom. The third-order valence-corrected chi connectivity index (χ3v) is 7.83. The van der Waals surface area contributed by atoms with Gasteiger partial charge in [0.1, 0.15) is 0 Å². The van der Waals surface area contributed by atoms with Gasteiger partial charge in [0.05, 0.1) is 5.69 Å². The number of anilines is 2. The minimum atomic E-state index is -3.00. The van der Waals surface area contributed by atoms with Gasteiger partial charge >= 0.3 is 6.61 Å². The van der Waals surface area contributed by atoms with E-state index in [1.165, 1.54) is 47.8 Å². The molecule has 0 aromatic heterocycles. The minimum Gasteiger partial charge on any atom is -0.433 e. The van der Waals surface area contributed by atoms with E-state index < -0.39 is 6.61 Å². The molecule has 194 valence electrons. The molecule has 0 spiro atoms. The fraction of sp³-hybridized carbons (Fsp3) is 0.367. The smallest absolute Gasteiger partial charge is 0.387 e. The molecule has 1 N–H and O–H groups in total. The highest BCUT2D eigenvalue weighted by Gasteiger charge is 2.29. The Hall–Kier alpha value is -3.06. The topological polar surface area (TPSA) is 41.6 Å². The molecule has 7 heteroatoms. The van der Waals surface area contributed by atoms with E-state index in [1.54, 1.807) is 23.9 Å². The van der Waals surface area contributed by atoms with Gasteiger partial charge in [-0.3, -0.25) is 4.79 Å². The number of halogens is 2. The van der Waals surface area contributed by atoms with E-state index >= 15 is 0 Å². The zero-order chi connectivity index (χ0) is 25.9. The van der Waals surface area contributed by atoms with Crippen LogP contribution < -0.4 is 15.0 Å². The molecule has 3 aromatic carbocycles. The summed E-state index contributed by atoms with van der Waals surface area (Å²) in [5, 5.41) is 2.88. The number of benzene rings is 3. The number of ether oxygens (including phenoxy) is 1. The van der Waals surface area contributed by atoms with E-state index in [-0.39, 0.29) is 17.2 Å². The molecule has 2 saturated carbocycles. The molecule has 0 unspecified atom stereocenters. The Morgan fingerprint density at radius 1 is 1.00 bits per heavy atom. The predicted molar refractivity (Wildman–Crippen MR) is 146 cm³/mol. The van der Waals surface area contributed by atoms with Crippen LogP contribution in [0.25, 0.3) is 0 Å². The van der Waals surface area contributed by atoms with Crippen LogP contribution in [0.2, 0.25) is 0 Å². The second kappa shape index (κ2) is 11.1. The maximum absolute atomic E-state index is 13.4. The van der Waals surface area contributed by atoms with E-state index in [9.17, 15) is 13.6 Å². The summed E-state index contributed by atoms with van der Waals surface area (Å²) >= 11 is 1.76. The van der Waals surface area contributed by atoms with Crippen LogP contribution in [-0.2, 0) is 6.54 Å². The van der Waals surface area contributed by atoms with Crippen LogP contribution in [0, 0.1) is 0 Å². The highest BCUT2D eigenvalue weighted by molar-refractivity contribution is 7.99. The number of thioether (sulfide) groups is 1. The summed E-state index contributed by atoms with van der Waals surface area (Å²) in [6.07, 6.45) is 4.79. The van der Waals surface area contributed by atoms with Gasteiger partial charge in [-0.1, -0.05) is 25.1 Å². The second-order valence-electron chi connectivity index (χ2n) is 9.79. The molecule has 0 atom stereocenters. The van der Waals surface area contributed by atoms with Crippen LogP contribution in [0.15, 0.2) is 65.6 Å². The molecule has 0 radical (unpaired) electrons. The van der Waals surface area contributed by atoms with Crippen molar-refractivity contribution in [3.8, 4) is 5.75 Å². The third kappa shape index (κ3) is 6.45. The quantitative estimate of drug-likeness (QED) is 0.260. The summed E-state index contributed by atoms with van der Waals surface area (Å²) in [6, 6.07) is 19.4. The van der Waals surface area contributed by atoms with Gasteiger partial charge in [0.25, 0.3) is 5.91 Å². The first kappa shape index (κ1) is 25.6. The number of hydrogen-bond acceptors (Lipinski definition) is 4. The van der Waals surface area contributed by atoms with Crippen molar-refractivity contribution in [3.05, 3.63) is 82.9 Å². The molecule has 2 aliphatic carbocycles. The summed E-state index contributed by atoms with van der Waals surface area (Å²) in [5.41, 5.74) is 5.33. The number of nitrogens with one attached hydrogen (secondary N) is 1. The molecule has 0 heterocycles. The molecule has 1 amide bonds. The van der Waals surface area contributed by atoms with E-state index in [2.05, 4.69) is 30.4 Å². The highest BCUT2D eigenvalue weighted by atomic mass is 32.2. The maximum atomic E-state index is 13.4. The number of amides is 1. The number of carbonyl (C=O) groups excluding carboxylic acids is 1. The normalized spacial score (nSPS) is 15.1. The maximum Gasteiger partial charge on any atom is 0.387 e. The lowest BCUT2D eigenvalue weighted by molar-refractivity contribution is -0.0495. The highest BCUT2D eigenvalue weighted by Crippen LogP contribution is 2.47. The zero-order valence-electron chi connectivity index (χ0n) is 21.2. The Balaban J connectivity index is 1.35. The Kier molecular flexibility index (Phi) is 7.70. The van der Waals surface area contributed by atoms with Crippen molar-refractivity contribution in [1.29, 1.82) is 0 Å². The minimum absolute atomic E-state index is 0.0177. The Bertz CT molecular complexity index is 1230. The SMILES string of the molecule is CCSc1ccc(CNC(=O)c2ccc(N(C)c3cc(C4CC4)cc(C4CC4)c3)c(OC(F)F)c2)cc1. The van der Waals surface area contributed by atoms with Crippen LogP contribution in [-0.4, -0.2) is 25.3 Å². The van der Waals surface area contributed by atoms with Crippen molar-refractivity contribution in [2.24, 2.45) is 0 Å². The van der Waals surface area contributed by atoms with Crippen LogP contribution in [0.1, 0.15) is 71.5 Å². The molecular weight excluding hydrogens is 490 g/mol. The fourth-order valence-electron chi connectivity index (χ4n) is 4.57. The lowest BCUT2D eigenvalue weighted by Gasteiger charge is -2.24. The number of carbonyl (C=O) groups is 1. The van der Waals surface area contributed by atoms with Crippen molar-refractivity contribution in [2.45, 2.75) is 62.5 Å². The zero-order valence-corrected chi connectivity index (χ0v) is 22.0. The monoisotopic (exact) mass is 522 g/mol. The van der Waals surface area contributed by atoms with Gasteiger partial charge in [-0.15, -0.1) is 11.8 Å². The molecule has 5 rings (SSSR count). The van der Waals surface area contributed by atoms with Gasteiger partial charge in [-0.05, 0) is 102 Å². The van der Waals surface area contributed by atoms with Gasteiger partial charge in [0, 0.05) is 29.7 Å². The molecule has 2 aliphatic rings. The first-order valence-electron chi connectivity index (χ1n) is 12.9. The van der Waals surface area contributed by atoms with Gasteiger partial charge in [0.2, 0.25) is 0 Å². The molecule has 0 aliphatic heterocycles. The number of alkyl halides is 2. The van der Waals surface area contributed by atoms with Crippen molar-refractivity contribution < 1.29 is 18.3 Å². The summed E-state index contributed by atoms with van der Waals surface area (Å²) in [6.45, 7) is -0.546. The fourth-order valence-corrected chi connectivity index (χ4v) is 5.24. The van der Waals surface area contributed by atoms with Gasteiger partial charge in [0.15, 0.2) is 5.75 Å². The van der Waals surface area contributed by atoms with E-state index in [0.717, 1.165) is 17.0 Å². The molecule has 4 nitrogen and oxygen atoms in total. The van der Waals surface area contributed by atoms with E-state index in [4.69, 9.17) is 4.74 Å². The number of nitrogens with zero attached hydrogens (tertiary/aromatic N) is 1. The first-order valence-corrected chi connectivity index (χ1v) is 13.9. The van der Waals surface area contributed by atoms with Crippen molar-refractivity contribution >= 4 is 29.0 Å². The summed E-state index contributed by atoms with van der Waals surface area (Å²) < 4.78 is 31.6. The Labute approximate surface area is 221 Å². The van der Waals surface area contributed by atoms with E-state index in [1.807, 2.05) is 36.2 Å².